The summed E-state index contributed by atoms with van der Waals surface area (Å²) in [6.45, 7) is 6.89. The van der Waals surface area contributed by atoms with Crippen molar-refractivity contribution in [3.8, 4) is 0 Å². The van der Waals surface area contributed by atoms with Crippen LogP contribution in [0.25, 0.3) is 0 Å². The van der Waals surface area contributed by atoms with Crippen LogP contribution in [0.1, 0.15) is 18.1 Å². The van der Waals surface area contributed by atoms with Gasteiger partial charge in [-0.05, 0) is 24.5 Å². The summed E-state index contributed by atoms with van der Waals surface area (Å²) in [6.07, 6.45) is 0.956. The van der Waals surface area contributed by atoms with Crippen molar-refractivity contribution in [1.29, 1.82) is 0 Å². The van der Waals surface area contributed by atoms with E-state index in [1.807, 2.05) is 6.92 Å². The van der Waals surface area contributed by atoms with Gasteiger partial charge < -0.3 is 10.5 Å². The van der Waals surface area contributed by atoms with E-state index in [1.54, 1.807) is 0 Å². The minimum atomic E-state index is 0.236. The summed E-state index contributed by atoms with van der Waals surface area (Å²) in [5.41, 5.74) is 8.49. The van der Waals surface area contributed by atoms with Crippen molar-refractivity contribution in [2.45, 2.75) is 25.9 Å². The summed E-state index contributed by atoms with van der Waals surface area (Å²) in [4.78, 5) is 2.43. The molecule has 0 spiro atoms. The Morgan fingerprint density at radius 2 is 1.76 bits per heavy atom. The number of ether oxygens (including phenoxy) is 1. The molecule has 17 heavy (non-hydrogen) atoms. The van der Waals surface area contributed by atoms with Crippen LogP contribution in [0.2, 0.25) is 0 Å². The molecule has 1 fully saturated rings. The topological polar surface area (TPSA) is 38.5 Å². The molecule has 1 saturated heterocycles. The minimum absolute atomic E-state index is 0.236. The van der Waals surface area contributed by atoms with Crippen molar-refractivity contribution in [2.24, 2.45) is 5.73 Å². The van der Waals surface area contributed by atoms with Crippen LogP contribution in [-0.2, 0) is 17.7 Å². The molecule has 3 heteroatoms. The molecule has 3 nitrogen and oxygen atoms in total. The molecule has 0 bridgehead atoms. The molecular weight excluding hydrogens is 212 g/mol. The molecule has 0 radical (unpaired) electrons. The van der Waals surface area contributed by atoms with Crippen LogP contribution in [0.5, 0.6) is 0 Å². The normalized spacial score (nSPS) is 19.2. The molecule has 2 N–H and O–H groups in total. The molecule has 1 atom stereocenters. The molecule has 2 rings (SSSR count). The van der Waals surface area contributed by atoms with Gasteiger partial charge in [0.05, 0.1) is 13.2 Å². The monoisotopic (exact) mass is 234 g/mol. The van der Waals surface area contributed by atoms with E-state index in [4.69, 9.17) is 10.5 Å². The summed E-state index contributed by atoms with van der Waals surface area (Å²) >= 11 is 0. The smallest absolute Gasteiger partial charge is 0.0594 e. The molecule has 1 heterocycles. The highest BCUT2D eigenvalue weighted by Crippen LogP contribution is 2.10. The zero-order valence-corrected chi connectivity index (χ0v) is 10.6. The number of morpholine rings is 1. The highest BCUT2D eigenvalue weighted by Gasteiger charge is 2.10. The van der Waals surface area contributed by atoms with Gasteiger partial charge in [0.1, 0.15) is 0 Å². The first-order valence-corrected chi connectivity index (χ1v) is 6.37. The van der Waals surface area contributed by atoms with Crippen LogP contribution in [0, 0.1) is 0 Å². The van der Waals surface area contributed by atoms with E-state index in [9.17, 15) is 0 Å². The Kier molecular flexibility index (Phi) is 4.54. The summed E-state index contributed by atoms with van der Waals surface area (Å²) < 4.78 is 5.34. The molecule has 1 aliphatic rings. The van der Waals surface area contributed by atoms with E-state index in [-0.39, 0.29) is 6.04 Å². The Hall–Kier alpha value is -0.900. The van der Waals surface area contributed by atoms with Gasteiger partial charge in [0.2, 0.25) is 0 Å². The molecule has 1 aromatic carbocycles. The predicted octanol–water partition coefficient (Wildman–Crippen LogP) is 1.41. The highest BCUT2D eigenvalue weighted by molar-refractivity contribution is 5.23. The third-order valence-corrected chi connectivity index (χ3v) is 3.09. The minimum Gasteiger partial charge on any atom is -0.379 e. The Labute approximate surface area is 104 Å². The molecule has 0 amide bonds. The largest absolute Gasteiger partial charge is 0.379 e. The summed E-state index contributed by atoms with van der Waals surface area (Å²) in [5, 5.41) is 0. The van der Waals surface area contributed by atoms with Crippen LogP contribution < -0.4 is 5.73 Å². The van der Waals surface area contributed by atoms with Crippen molar-refractivity contribution in [3.63, 3.8) is 0 Å². The standard InChI is InChI=1S/C14H22N2O/c1-12(15)10-13-2-4-14(5-3-13)11-16-6-8-17-9-7-16/h2-5,12H,6-11,15H2,1H3/t12-/m1/s1. The molecule has 0 unspecified atom stereocenters. The van der Waals surface area contributed by atoms with Crippen molar-refractivity contribution >= 4 is 0 Å². The lowest BCUT2D eigenvalue weighted by atomic mass is 10.1. The van der Waals surface area contributed by atoms with E-state index < -0.39 is 0 Å². The summed E-state index contributed by atoms with van der Waals surface area (Å²) in [5.74, 6) is 0. The van der Waals surface area contributed by atoms with Crippen molar-refractivity contribution in [2.75, 3.05) is 26.3 Å². The highest BCUT2D eigenvalue weighted by atomic mass is 16.5. The maximum atomic E-state index is 5.79. The van der Waals surface area contributed by atoms with Gasteiger partial charge in [0, 0.05) is 25.7 Å². The average Bonchev–Trinajstić information content (AvgIpc) is 2.32. The number of benzene rings is 1. The Morgan fingerprint density at radius 3 is 2.35 bits per heavy atom. The van der Waals surface area contributed by atoms with Gasteiger partial charge in [-0.2, -0.15) is 0 Å². The molecule has 1 aliphatic heterocycles. The zero-order chi connectivity index (χ0) is 12.1. The van der Waals surface area contributed by atoms with Crippen LogP contribution >= 0.6 is 0 Å². The predicted molar refractivity (Wildman–Crippen MR) is 69.9 cm³/mol. The van der Waals surface area contributed by atoms with Crippen LogP contribution in [0.15, 0.2) is 24.3 Å². The third kappa shape index (κ3) is 4.11. The van der Waals surface area contributed by atoms with E-state index in [0.717, 1.165) is 39.3 Å². The fourth-order valence-corrected chi connectivity index (χ4v) is 2.17. The van der Waals surface area contributed by atoms with Gasteiger partial charge >= 0.3 is 0 Å². The van der Waals surface area contributed by atoms with Crippen molar-refractivity contribution in [1.82, 2.24) is 4.90 Å². The first-order chi connectivity index (χ1) is 8.24. The zero-order valence-electron chi connectivity index (χ0n) is 10.6. The fourth-order valence-electron chi connectivity index (χ4n) is 2.17. The van der Waals surface area contributed by atoms with E-state index in [2.05, 4.69) is 29.2 Å². The number of rotatable bonds is 4. The van der Waals surface area contributed by atoms with E-state index in [1.165, 1.54) is 11.1 Å². The van der Waals surface area contributed by atoms with Gasteiger partial charge in [-0.25, -0.2) is 0 Å². The average molecular weight is 234 g/mol. The SMILES string of the molecule is C[C@@H](N)Cc1ccc(CN2CCOCC2)cc1. The van der Waals surface area contributed by atoms with Crippen LogP contribution in [-0.4, -0.2) is 37.2 Å². The van der Waals surface area contributed by atoms with Gasteiger partial charge in [-0.15, -0.1) is 0 Å². The lowest BCUT2D eigenvalue weighted by Crippen LogP contribution is -2.35. The second-order valence-electron chi connectivity index (χ2n) is 4.89. The number of hydrogen-bond acceptors (Lipinski definition) is 3. The first-order valence-electron chi connectivity index (χ1n) is 6.37. The van der Waals surface area contributed by atoms with Crippen LogP contribution in [0.4, 0.5) is 0 Å². The quantitative estimate of drug-likeness (QED) is 0.856. The molecule has 94 valence electrons. The fraction of sp³-hybridized carbons (Fsp3) is 0.571. The van der Waals surface area contributed by atoms with Crippen molar-refractivity contribution in [3.05, 3.63) is 35.4 Å². The second-order valence-corrected chi connectivity index (χ2v) is 4.89. The number of nitrogens with zero attached hydrogens (tertiary/aromatic N) is 1. The maximum absolute atomic E-state index is 5.79. The van der Waals surface area contributed by atoms with Gasteiger partial charge in [-0.1, -0.05) is 24.3 Å². The van der Waals surface area contributed by atoms with Gasteiger partial charge in [-0.3, -0.25) is 4.90 Å². The molecule has 0 aliphatic carbocycles. The molecule has 1 aromatic rings. The molecule has 0 saturated carbocycles. The number of hydrogen-bond donors (Lipinski definition) is 1. The third-order valence-electron chi connectivity index (χ3n) is 3.09. The summed E-state index contributed by atoms with van der Waals surface area (Å²) in [6, 6.07) is 9.05. The lowest BCUT2D eigenvalue weighted by molar-refractivity contribution is 0.0342. The molecular formula is C14H22N2O. The second kappa shape index (κ2) is 6.15. The van der Waals surface area contributed by atoms with Crippen LogP contribution in [0.3, 0.4) is 0 Å². The molecule has 0 aromatic heterocycles. The van der Waals surface area contributed by atoms with E-state index in [0.29, 0.717) is 0 Å². The van der Waals surface area contributed by atoms with Crippen molar-refractivity contribution < 1.29 is 4.74 Å². The van der Waals surface area contributed by atoms with Gasteiger partial charge in [0.15, 0.2) is 0 Å². The van der Waals surface area contributed by atoms with E-state index >= 15 is 0 Å². The first kappa shape index (κ1) is 12.6. The Balaban J connectivity index is 1.88. The maximum Gasteiger partial charge on any atom is 0.0594 e. The van der Waals surface area contributed by atoms with Gasteiger partial charge in [0.25, 0.3) is 0 Å². The Morgan fingerprint density at radius 1 is 1.18 bits per heavy atom. The summed E-state index contributed by atoms with van der Waals surface area (Å²) in [7, 11) is 0. The lowest BCUT2D eigenvalue weighted by Gasteiger charge is -2.26. The number of nitrogens with two attached hydrogens (primary N) is 1. The Bertz CT molecular complexity index is 329.